The van der Waals surface area contributed by atoms with Crippen molar-refractivity contribution in [2.45, 2.75) is 64.7 Å². The van der Waals surface area contributed by atoms with Gasteiger partial charge in [-0.3, -0.25) is 4.79 Å². The summed E-state index contributed by atoms with van der Waals surface area (Å²) in [5, 5.41) is 0. The molecule has 0 spiro atoms. The van der Waals surface area contributed by atoms with E-state index in [0.717, 1.165) is 37.0 Å². The number of allylic oxidation sites excluding steroid dienone is 4. The van der Waals surface area contributed by atoms with Gasteiger partial charge in [0.1, 0.15) is 0 Å². The van der Waals surface area contributed by atoms with E-state index in [9.17, 15) is 4.79 Å². The van der Waals surface area contributed by atoms with Crippen LogP contribution in [0.2, 0.25) is 0 Å². The molecule has 108 valence electrons. The molecule has 4 rings (SSSR count). The molecule has 0 aromatic heterocycles. The minimum atomic E-state index is -0.190. The molecule has 0 amide bonds. The fraction of sp³-hybridized carbons (Fsp3) is 0.737. The van der Waals surface area contributed by atoms with E-state index in [1.807, 2.05) is 6.08 Å². The number of hydrogen-bond acceptors (Lipinski definition) is 1. The van der Waals surface area contributed by atoms with E-state index in [1.54, 1.807) is 5.57 Å². The highest BCUT2D eigenvalue weighted by Crippen LogP contribution is 2.59. The van der Waals surface area contributed by atoms with Gasteiger partial charge in [-0.25, -0.2) is 0 Å². The van der Waals surface area contributed by atoms with E-state index in [-0.39, 0.29) is 5.41 Å². The second-order valence-electron chi connectivity index (χ2n) is 7.98. The maximum Gasteiger partial charge on any atom is 0.165 e. The Bertz CT molecular complexity index is 490. The molecule has 3 fully saturated rings. The second kappa shape index (κ2) is 4.58. The van der Waals surface area contributed by atoms with Gasteiger partial charge in [0.25, 0.3) is 0 Å². The lowest BCUT2D eigenvalue weighted by Gasteiger charge is -2.38. The third-order valence-corrected chi connectivity index (χ3v) is 6.38. The Labute approximate surface area is 122 Å². The number of ketones is 1. The molecule has 0 aliphatic heterocycles. The maximum atomic E-state index is 12.9. The van der Waals surface area contributed by atoms with Crippen molar-refractivity contribution in [2.75, 3.05) is 0 Å². The SMILES string of the molecule is CC1(C(=O)C=C2CCCCC2)C=C2CC3CC(CC23)C1. The van der Waals surface area contributed by atoms with E-state index < -0.39 is 0 Å². The zero-order valence-electron chi connectivity index (χ0n) is 12.7. The Balaban J connectivity index is 1.58. The van der Waals surface area contributed by atoms with Crippen LogP contribution in [0.5, 0.6) is 0 Å². The van der Waals surface area contributed by atoms with Crippen LogP contribution in [0.4, 0.5) is 0 Å². The van der Waals surface area contributed by atoms with E-state index in [0.29, 0.717) is 5.78 Å². The van der Waals surface area contributed by atoms with Crippen LogP contribution < -0.4 is 0 Å². The summed E-state index contributed by atoms with van der Waals surface area (Å²) in [6.07, 6.45) is 15.8. The third kappa shape index (κ3) is 2.01. The average Bonchev–Trinajstić information content (AvgIpc) is 2.66. The van der Waals surface area contributed by atoms with Crippen molar-refractivity contribution in [2.24, 2.45) is 23.2 Å². The van der Waals surface area contributed by atoms with Gasteiger partial charge in [0.2, 0.25) is 0 Å². The molecule has 4 aliphatic carbocycles. The number of fused-ring (bicyclic) bond motifs is 1. The van der Waals surface area contributed by atoms with Crippen LogP contribution in [0.1, 0.15) is 64.7 Å². The van der Waals surface area contributed by atoms with Gasteiger partial charge >= 0.3 is 0 Å². The van der Waals surface area contributed by atoms with Crippen molar-refractivity contribution in [1.82, 2.24) is 0 Å². The van der Waals surface area contributed by atoms with Crippen LogP contribution in [0.15, 0.2) is 23.3 Å². The Morgan fingerprint density at radius 2 is 2.05 bits per heavy atom. The van der Waals surface area contributed by atoms with Gasteiger partial charge in [0, 0.05) is 5.41 Å². The van der Waals surface area contributed by atoms with Crippen molar-refractivity contribution >= 4 is 5.78 Å². The average molecular weight is 270 g/mol. The van der Waals surface area contributed by atoms with Gasteiger partial charge < -0.3 is 0 Å². The van der Waals surface area contributed by atoms with Gasteiger partial charge in [-0.15, -0.1) is 0 Å². The first-order valence-corrected chi connectivity index (χ1v) is 8.59. The molecular weight excluding hydrogens is 244 g/mol. The Morgan fingerprint density at radius 3 is 2.85 bits per heavy atom. The first-order valence-electron chi connectivity index (χ1n) is 8.59. The summed E-state index contributed by atoms with van der Waals surface area (Å²) in [6, 6.07) is 0. The van der Waals surface area contributed by atoms with Gasteiger partial charge in [-0.05, 0) is 82.1 Å². The molecule has 0 heterocycles. The first kappa shape index (κ1) is 12.9. The normalized spacial score (nSPS) is 42.5. The van der Waals surface area contributed by atoms with Crippen LogP contribution in [0.25, 0.3) is 0 Å². The lowest BCUT2D eigenvalue weighted by molar-refractivity contribution is -0.121. The number of carbonyl (C=O) groups excluding carboxylic acids is 1. The lowest BCUT2D eigenvalue weighted by Crippen LogP contribution is -2.31. The Hall–Kier alpha value is -0.850. The molecule has 0 aromatic rings. The maximum absolute atomic E-state index is 12.9. The van der Waals surface area contributed by atoms with E-state index >= 15 is 0 Å². The van der Waals surface area contributed by atoms with Crippen molar-refractivity contribution in [3.05, 3.63) is 23.3 Å². The molecule has 0 N–H and O–H groups in total. The topological polar surface area (TPSA) is 17.1 Å². The van der Waals surface area contributed by atoms with Crippen LogP contribution in [0.3, 0.4) is 0 Å². The molecule has 4 atom stereocenters. The highest BCUT2D eigenvalue weighted by atomic mass is 16.1. The summed E-state index contributed by atoms with van der Waals surface area (Å²) >= 11 is 0. The second-order valence-corrected chi connectivity index (χ2v) is 7.98. The lowest BCUT2D eigenvalue weighted by atomic mass is 9.66. The highest BCUT2D eigenvalue weighted by Gasteiger charge is 2.50. The van der Waals surface area contributed by atoms with E-state index in [4.69, 9.17) is 0 Å². The van der Waals surface area contributed by atoms with Gasteiger partial charge in [0.15, 0.2) is 5.78 Å². The van der Waals surface area contributed by atoms with Crippen molar-refractivity contribution in [3.63, 3.8) is 0 Å². The Kier molecular flexibility index (Phi) is 2.94. The molecule has 4 aliphatic rings. The zero-order chi connectivity index (χ0) is 13.7. The number of rotatable bonds is 2. The molecule has 1 heteroatoms. The molecule has 3 saturated carbocycles. The van der Waals surface area contributed by atoms with Gasteiger partial charge in [-0.1, -0.05) is 23.6 Å². The van der Waals surface area contributed by atoms with Gasteiger partial charge in [0.05, 0.1) is 0 Å². The molecule has 0 aromatic carbocycles. The van der Waals surface area contributed by atoms with Crippen LogP contribution in [0, 0.1) is 23.2 Å². The predicted molar refractivity (Wildman–Crippen MR) is 81.3 cm³/mol. The molecule has 0 radical (unpaired) electrons. The molecule has 20 heavy (non-hydrogen) atoms. The van der Waals surface area contributed by atoms with Crippen molar-refractivity contribution in [1.29, 1.82) is 0 Å². The molecular formula is C19H26O. The molecule has 4 unspecified atom stereocenters. The predicted octanol–water partition coefficient (Wildman–Crippen LogP) is 4.83. The molecule has 1 nitrogen and oxygen atoms in total. The van der Waals surface area contributed by atoms with Crippen LogP contribution in [-0.4, -0.2) is 5.78 Å². The highest BCUT2D eigenvalue weighted by molar-refractivity contribution is 5.96. The minimum absolute atomic E-state index is 0.190. The number of carbonyl (C=O) groups is 1. The summed E-state index contributed by atoms with van der Waals surface area (Å²) < 4.78 is 0. The summed E-state index contributed by atoms with van der Waals surface area (Å²) in [7, 11) is 0. The fourth-order valence-electron chi connectivity index (χ4n) is 5.29. The largest absolute Gasteiger partial charge is 0.294 e. The Morgan fingerprint density at radius 1 is 1.25 bits per heavy atom. The third-order valence-electron chi connectivity index (χ3n) is 6.38. The smallest absolute Gasteiger partial charge is 0.165 e. The summed E-state index contributed by atoms with van der Waals surface area (Å²) in [5.74, 6) is 3.04. The molecule has 2 bridgehead atoms. The summed E-state index contributed by atoms with van der Waals surface area (Å²) in [4.78, 5) is 12.9. The first-order chi connectivity index (χ1) is 9.64. The van der Waals surface area contributed by atoms with Gasteiger partial charge in [-0.2, -0.15) is 0 Å². The van der Waals surface area contributed by atoms with Crippen LogP contribution in [-0.2, 0) is 4.79 Å². The number of hydrogen-bond donors (Lipinski definition) is 0. The summed E-state index contributed by atoms with van der Waals surface area (Å²) in [6.45, 7) is 2.20. The van der Waals surface area contributed by atoms with Crippen molar-refractivity contribution < 1.29 is 4.79 Å². The minimum Gasteiger partial charge on any atom is -0.294 e. The standard InChI is InChI=1S/C19H26O/c1-19(18(20)9-13-5-3-2-4-6-13)11-14-7-15-10-16(12-19)17(15)8-14/h9,12,14-15,17H,2-8,10-11H2,1H3. The quantitative estimate of drug-likeness (QED) is 0.519. The van der Waals surface area contributed by atoms with Crippen LogP contribution >= 0.6 is 0 Å². The van der Waals surface area contributed by atoms with Crippen molar-refractivity contribution in [3.8, 4) is 0 Å². The van der Waals surface area contributed by atoms with E-state index in [2.05, 4.69) is 13.0 Å². The summed E-state index contributed by atoms with van der Waals surface area (Å²) in [5.41, 5.74) is 2.85. The zero-order valence-corrected chi connectivity index (χ0v) is 12.7. The fourth-order valence-corrected chi connectivity index (χ4v) is 5.29. The van der Waals surface area contributed by atoms with E-state index in [1.165, 1.54) is 44.1 Å². The monoisotopic (exact) mass is 270 g/mol. The molecule has 0 saturated heterocycles.